The highest BCUT2D eigenvalue weighted by Gasteiger charge is 2.42. The number of likely N-dealkylation sites (tertiary alicyclic amines) is 2. The number of nitrogens with zero attached hydrogens (tertiary/aromatic N) is 4. The van der Waals surface area contributed by atoms with Crippen LogP contribution in [0.1, 0.15) is 26.8 Å². The van der Waals surface area contributed by atoms with Gasteiger partial charge in [-0.3, -0.25) is 9.69 Å². The molecule has 6 nitrogen and oxygen atoms in total. The van der Waals surface area contributed by atoms with Crippen LogP contribution in [0.15, 0.2) is 16.2 Å². The van der Waals surface area contributed by atoms with Gasteiger partial charge in [0.1, 0.15) is 11.8 Å². The number of aryl methyl sites for hydroxylation is 2. The number of aromatic nitrogens is 2. The average Bonchev–Trinajstić information content (AvgIpc) is 3.23. The Hall–Kier alpha value is -1.73. The SMILES string of the molecule is Cc1nc(CN2C[C@H]3CN(C(=O)c4conc4C)C[C@@H]3C2)cs1. The molecule has 0 saturated carbocycles. The zero-order valence-electron chi connectivity index (χ0n) is 13.4. The second kappa shape index (κ2) is 5.72. The molecule has 0 unspecified atom stereocenters. The smallest absolute Gasteiger partial charge is 0.259 e. The summed E-state index contributed by atoms with van der Waals surface area (Å²) in [7, 11) is 0. The molecule has 0 spiro atoms. The van der Waals surface area contributed by atoms with Crippen LogP contribution in [0.2, 0.25) is 0 Å². The summed E-state index contributed by atoms with van der Waals surface area (Å²) < 4.78 is 4.89. The highest BCUT2D eigenvalue weighted by molar-refractivity contribution is 7.09. The third kappa shape index (κ3) is 2.79. The van der Waals surface area contributed by atoms with E-state index in [1.807, 2.05) is 18.7 Å². The molecule has 1 amide bonds. The lowest BCUT2D eigenvalue weighted by molar-refractivity contribution is 0.0772. The molecule has 2 fully saturated rings. The standard InChI is InChI=1S/C16H20N4O2S/c1-10-15(8-22-18-10)16(21)20-5-12-3-19(4-13(12)6-20)7-14-9-23-11(2)17-14/h8-9,12-13H,3-7H2,1-2H3/t12-,13-/m0/s1. The molecule has 0 bridgehead atoms. The van der Waals surface area contributed by atoms with E-state index in [2.05, 4.69) is 20.4 Å². The van der Waals surface area contributed by atoms with Gasteiger partial charge in [-0.2, -0.15) is 0 Å². The fourth-order valence-corrected chi connectivity index (χ4v) is 4.37. The van der Waals surface area contributed by atoms with Gasteiger partial charge in [0.2, 0.25) is 0 Å². The van der Waals surface area contributed by atoms with E-state index in [4.69, 9.17) is 4.52 Å². The summed E-state index contributed by atoms with van der Waals surface area (Å²) in [6, 6.07) is 0. The second-order valence-corrected chi connectivity index (χ2v) is 7.66. The van der Waals surface area contributed by atoms with E-state index in [9.17, 15) is 4.79 Å². The lowest BCUT2D eigenvalue weighted by Crippen LogP contribution is -2.33. The van der Waals surface area contributed by atoms with Crippen LogP contribution >= 0.6 is 11.3 Å². The Morgan fingerprint density at radius 1 is 1.30 bits per heavy atom. The van der Waals surface area contributed by atoms with E-state index in [1.165, 1.54) is 12.0 Å². The monoisotopic (exact) mass is 332 g/mol. The molecule has 4 heterocycles. The minimum Gasteiger partial charge on any atom is -0.364 e. The van der Waals surface area contributed by atoms with Crippen molar-refractivity contribution in [2.45, 2.75) is 20.4 Å². The van der Waals surface area contributed by atoms with Crippen LogP contribution in [0.3, 0.4) is 0 Å². The molecule has 0 N–H and O–H groups in total. The molecule has 4 rings (SSSR count). The predicted octanol–water partition coefficient (Wildman–Crippen LogP) is 1.95. The van der Waals surface area contributed by atoms with Gasteiger partial charge in [-0.1, -0.05) is 5.16 Å². The van der Waals surface area contributed by atoms with Crippen molar-refractivity contribution in [2.24, 2.45) is 11.8 Å². The zero-order valence-corrected chi connectivity index (χ0v) is 14.2. The normalized spacial score (nSPS) is 24.3. The Bertz CT molecular complexity index is 711. The molecule has 0 aliphatic carbocycles. The number of fused-ring (bicyclic) bond motifs is 1. The third-order valence-electron chi connectivity index (χ3n) is 4.88. The second-order valence-electron chi connectivity index (χ2n) is 6.60. The molecule has 2 aliphatic heterocycles. The first-order chi connectivity index (χ1) is 11.1. The van der Waals surface area contributed by atoms with Crippen molar-refractivity contribution in [3.63, 3.8) is 0 Å². The van der Waals surface area contributed by atoms with Crippen LogP contribution in [0, 0.1) is 25.7 Å². The van der Waals surface area contributed by atoms with Crippen molar-refractivity contribution in [2.75, 3.05) is 26.2 Å². The Morgan fingerprint density at radius 2 is 2.04 bits per heavy atom. The zero-order chi connectivity index (χ0) is 16.0. The van der Waals surface area contributed by atoms with Crippen molar-refractivity contribution < 1.29 is 9.32 Å². The quantitative estimate of drug-likeness (QED) is 0.860. The van der Waals surface area contributed by atoms with Gasteiger partial charge in [0.15, 0.2) is 0 Å². The summed E-state index contributed by atoms with van der Waals surface area (Å²) in [5.41, 5.74) is 2.44. The lowest BCUT2D eigenvalue weighted by atomic mass is 10.0. The summed E-state index contributed by atoms with van der Waals surface area (Å²) in [6.45, 7) is 8.55. The maximum Gasteiger partial charge on any atom is 0.259 e. The highest BCUT2D eigenvalue weighted by atomic mass is 32.1. The predicted molar refractivity (Wildman–Crippen MR) is 86.3 cm³/mol. The summed E-state index contributed by atoms with van der Waals surface area (Å²) in [6.07, 6.45) is 1.46. The van der Waals surface area contributed by atoms with Crippen molar-refractivity contribution in [1.29, 1.82) is 0 Å². The minimum atomic E-state index is 0.0554. The van der Waals surface area contributed by atoms with Gasteiger partial charge in [-0.15, -0.1) is 11.3 Å². The molecule has 122 valence electrons. The fourth-order valence-electron chi connectivity index (χ4n) is 3.76. The maximum atomic E-state index is 12.5. The van der Waals surface area contributed by atoms with Crippen molar-refractivity contribution in [3.05, 3.63) is 33.6 Å². The molecule has 0 radical (unpaired) electrons. The minimum absolute atomic E-state index is 0.0554. The van der Waals surface area contributed by atoms with Crippen molar-refractivity contribution in [1.82, 2.24) is 19.9 Å². The van der Waals surface area contributed by atoms with Gasteiger partial charge in [0, 0.05) is 38.1 Å². The molecule has 23 heavy (non-hydrogen) atoms. The average molecular weight is 332 g/mol. The van der Waals surface area contributed by atoms with Crippen LogP contribution in [0.4, 0.5) is 0 Å². The molecule has 0 aromatic carbocycles. The Labute approximate surface area is 139 Å². The number of carbonyl (C=O) groups is 1. The van der Waals surface area contributed by atoms with Crippen LogP contribution < -0.4 is 0 Å². The molecule has 7 heteroatoms. The van der Waals surface area contributed by atoms with E-state index < -0.39 is 0 Å². The molecule has 2 aromatic rings. The summed E-state index contributed by atoms with van der Waals surface area (Å²) >= 11 is 1.71. The number of rotatable bonds is 3. The van der Waals surface area contributed by atoms with Gasteiger partial charge in [0.05, 0.1) is 16.4 Å². The van der Waals surface area contributed by atoms with Gasteiger partial charge >= 0.3 is 0 Å². The topological polar surface area (TPSA) is 62.5 Å². The number of hydrogen-bond acceptors (Lipinski definition) is 6. The van der Waals surface area contributed by atoms with E-state index in [0.29, 0.717) is 23.1 Å². The van der Waals surface area contributed by atoms with E-state index in [1.54, 1.807) is 11.3 Å². The van der Waals surface area contributed by atoms with Crippen molar-refractivity contribution >= 4 is 17.2 Å². The first-order valence-corrected chi connectivity index (χ1v) is 8.81. The molecule has 2 saturated heterocycles. The summed E-state index contributed by atoms with van der Waals surface area (Å²) in [5.74, 6) is 1.19. The Balaban J connectivity index is 1.36. The molecule has 2 aliphatic rings. The first-order valence-electron chi connectivity index (χ1n) is 7.94. The third-order valence-corrected chi connectivity index (χ3v) is 5.70. The molecule has 2 aromatic heterocycles. The first kappa shape index (κ1) is 14.8. The fraction of sp³-hybridized carbons (Fsp3) is 0.562. The Kier molecular flexibility index (Phi) is 3.69. The van der Waals surface area contributed by atoms with Gasteiger partial charge in [-0.05, 0) is 25.7 Å². The largest absolute Gasteiger partial charge is 0.364 e. The van der Waals surface area contributed by atoms with Gasteiger partial charge in [-0.25, -0.2) is 4.98 Å². The highest BCUT2D eigenvalue weighted by Crippen LogP contribution is 2.33. The van der Waals surface area contributed by atoms with Crippen LogP contribution in [-0.2, 0) is 6.54 Å². The number of carbonyl (C=O) groups excluding carboxylic acids is 1. The maximum absolute atomic E-state index is 12.5. The van der Waals surface area contributed by atoms with Crippen LogP contribution in [0.25, 0.3) is 0 Å². The van der Waals surface area contributed by atoms with Crippen LogP contribution in [-0.4, -0.2) is 52.0 Å². The van der Waals surface area contributed by atoms with Gasteiger partial charge < -0.3 is 9.42 Å². The van der Waals surface area contributed by atoms with E-state index in [0.717, 1.165) is 37.7 Å². The molecular formula is C16H20N4O2S. The van der Waals surface area contributed by atoms with Crippen LogP contribution in [0.5, 0.6) is 0 Å². The Morgan fingerprint density at radius 3 is 2.61 bits per heavy atom. The van der Waals surface area contributed by atoms with Crippen molar-refractivity contribution in [3.8, 4) is 0 Å². The van der Waals surface area contributed by atoms with Gasteiger partial charge in [0.25, 0.3) is 5.91 Å². The number of hydrogen-bond donors (Lipinski definition) is 0. The van der Waals surface area contributed by atoms with E-state index >= 15 is 0 Å². The number of amides is 1. The number of thiazole rings is 1. The van der Waals surface area contributed by atoms with E-state index in [-0.39, 0.29) is 5.91 Å². The molecular weight excluding hydrogens is 312 g/mol. The summed E-state index contributed by atoms with van der Waals surface area (Å²) in [5, 5.41) is 7.08. The molecule has 2 atom stereocenters. The lowest BCUT2D eigenvalue weighted by Gasteiger charge is -2.20. The summed E-state index contributed by atoms with van der Waals surface area (Å²) in [4.78, 5) is 21.5.